The minimum atomic E-state index is -1.82. The van der Waals surface area contributed by atoms with Crippen LogP contribution in [0.2, 0.25) is 0 Å². The Kier molecular flexibility index (Phi) is 6.13. The number of hydrogen-bond acceptors (Lipinski definition) is 5. The Labute approximate surface area is 165 Å². The van der Waals surface area contributed by atoms with E-state index < -0.39 is 11.9 Å². The van der Waals surface area contributed by atoms with Gasteiger partial charge in [-0.2, -0.15) is 0 Å². The van der Waals surface area contributed by atoms with Crippen LogP contribution >= 0.6 is 0 Å². The van der Waals surface area contributed by atoms with Gasteiger partial charge in [-0.25, -0.2) is 9.59 Å². The van der Waals surface area contributed by atoms with Gasteiger partial charge in [0.15, 0.2) is 0 Å². The van der Waals surface area contributed by atoms with Crippen molar-refractivity contribution in [1.82, 2.24) is 5.32 Å². The number of carboxylic acid groups (broad SMARTS) is 2. The second kappa shape index (κ2) is 8.39. The summed E-state index contributed by atoms with van der Waals surface area (Å²) in [6.45, 7) is 0.881. The first-order valence-corrected chi connectivity index (χ1v) is 9.76. The predicted molar refractivity (Wildman–Crippen MR) is 103 cm³/mol. The lowest BCUT2D eigenvalue weighted by Crippen LogP contribution is -2.58. The van der Waals surface area contributed by atoms with Crippen molar-refractivity contribution in [3.8, 4) is 11.5 Å². The minimum absolute atomic E-state index is 0.392. The molecule has 0 radical (unpaired) electrons. The van der Waals surface area contributed by atoms with Crippen molar-refractivity contribution in [3.63, 3.8) is 0 Å². The monoisotopic (exact) mass is 391 g/mol. The van der Waals surface area contributed by atoms with Gasteiger partial charge in [0.2, 0.25) is 0 Å². The van der Waals surface area contributed by atoms with Crippen molar-refractivity contribution in [2.75, 3.05) is 14.2 Å². The Balaban J connectivity index is 0.000000330. The highest BCUT2D eigenvalue weighted by Crippen LogP contribution is 2.55. The second-order valence-electron chi connectivity index (χ2n) is 8.34. The van der Waals surface area contributed by atoms with Crippen LogP contribution in [0.3, 0.4) is 0 Å². The highest BCUT2D eigenvalue weighted by Gasteiger charge is 2.50. The summed E-state index contributed by atoms with van der Waals surface area (Å²) in [6, 6.07) is 6.08. The summed E-state index contributed by atoms with van der Waals surface area (Å²) >= 11 is 0. The number of nitrogens with one attached hydrogen (secondary N) is 1. The number of hydrogen-bond donors (Lipinski definition) is 3. The summed E-state index contributed by atoms with van der Waals surface area (Å²) in [4.78, 5) is 18.2. The number of ether oxygens (including phenoxy) is 2. The van der Waals surface area contributed by atoms with E-state index in [0.717, 1.165) is 35.8 Å². The van der Waals surface area contributed by atoms with Crippen molar-refractivity contribution < 1.29 is 29.3 Å². The van der Waals surface area contributed by atoms with E-state index in [1.165, 1.54) is 44.1 Å². The van der Waals surface area contributed by atoms with Gasteiger partial charge < -0.3 is 25.0 Å². The first-order chi connectivity index (χ1) is 13.3. The number of aliphatic carboxylic acids is 2. The molecule has 4 saturated carbocycles. The number of benzene rings is 1. The van der Waals surface area contributed by atoms with E-state index in [1.807, 2.05) is 12.1 Å². The van der Waals surface area contributed by atoms with E-state index >= 15 is 0 Å². The maximum atomic E-state index is 9.10. The average Bonchev–Trinajstić information content (AvgIpc) is 2.65. The summed E-state index contributed by atoms with van der Waals surface area (Å²) in [7, 11) is 3.47. The fourth-order valence-corrected chi connectivity index (χ4v) is 5.63. The van der Waals surface area contributed by atoms with Gasteiger partial charge in [-0.1, -0.05) is 0 Å². The summed E-state index contributed by atoms with van der Waals surface area (Å²) in [6.07, 6.45) is 8.61. The smallest absolute Gasteiger partial charge is 0.414 e. The number of carboxylic acids is 2. The molecule has 3 N–H and O–H groups in total. The van der Waals surface area contributed by atoms with Crippen molar-refractivity contribution in [2.45, 2.75) is 50.6 Å². The third-order valence-corrected chi connectivity index (χ3v) is 6.36. The van der Waals surface area contributed by atoms with Crippen LogP contribution in [0.15, 0.2) is 18.2 Å². The van der Waals surface area contributed by atoms with E-state index in [2.05, 4.69) is 11.4 Å². The molecule has 4 aliphatic carbocycles. The van der Waals surface area contributed by atoms with Crippen LogP contribution in [-0.4, -0.2) is 41.9 Å². The minimum Gasteiger partial charge on any atom is -0.497 e. The lowest BCUT2D eigenvalue weighted by Gasteiger charge is -2.57. The maximum absolute atomic E-state index is 9.10. The Morgan fingerprint density at radius 3 is 1.96 bits per heavy atom. The molecule has 0 aromatic heterocycles. The summed E-state index contributed by atoms with van der Waals surface area (Å²) in [5.74, 6) is 1.15. The fraction of sp³-hybridized carbons (Fsp3) is 0.619. The molecule has 0 amide bonds. The molecule has 1 aromatic rings. The van der Waals surface area contributed by atoms with E-state index in [9.17, 15) is 0 Å². The molecular weight excluding hydrogens is 362 g/mol. The summed E-state index contributed by atoms with van der Waals surface area (Å²) in [5, 5.41) is 18.7. The van der Waals surface area contributed by atoms with E-state index in [0.29, 0.717) is 5.54 Å². The van der Waals surface area contributed by atoms with E-state index in [-0.39, 0.29) is 0 Å². The third-order valence-electron chi connectivity index (χ3n) is 6.36. The van der Waals surface area contributed by atoms with Crippen LogP contribution < -0.4 is 14.8 Å². The molecule has 7 heteroatoms. The lowest BCUT2D eigenvalue weighted by atomic mass is 9.53. The molecule has 4 fully saturated rings. The second-order valence-corrected chi connectivity index (χ2v) is 8.34. The molecule has 7 nitrogen and oxygen atoms in total. The highest BCUT2D eigenvalue weighted by molar-refractivity contribution is 6.27. The van der Waals surface area contributed by atoms with Crippen molar-refractivity contribution >= 4 is 11.9 Å². The van der Waals surface area contributed by atoms with Gasteiger partial charge in [0.05, 0.1) is 14.2 Å². The van der Waals surface area contributed by atoms with Crippen LogP contribution in [0, 0.1) is 17.8 Å². The quantitative estimate of drug-likeness (QED) is 0.663. The molecule has 154 valence electrons. The van der Waals surface area contributed by atoms with Crippen LogP contribution in [-0.2, 0) is 16.1 Å². The Morgan fingerprint density at radius 2 is 1.54 bits per heavy atom. The fourth-order valence-electron chi connectivity index (χ4n) is 5.63. The molecular formula is C21H29NO6. The van der Waals surface area contributed by atoms with Crippen LogP contribution in [0.1, 0.15) is 44.1 Å². The Bertz CT molecular complexity index is 684. The topological polar surface area (TPSA) is 105 Å². The van der Waals surface area contributed by atoms with Gasteiger partial charge in [-0.15, -0.1) is 0 Å². The van der Waals surface area contributed by atoms with E-state index in [4.69, 9.17) is 29.3 Å². The molecule has 4 bridgehead atoms. The van der Waals surface area contributed by atoms with Crippen molar-refractivity contribution in [1.29, 1.82) is 0 Å². The zero-order valence-corrected chi connectivity index (χ0v) is 16.4. The normalized spacial score (nSPS) is 29.6. The molecule has 0 aliphatic heterocycles. The van der Waals surface area contributed by atoms with Crippen LogP contribution in [0.4, 0.5) is 0 Å². The zero-order chi connectivity index (χ0) is 20.3. The molecule has 28 heavy (non-hydrogen) atoms. The molecule has 0 unspecified atom stereocenters. The van der Waals surface area contributed by atoms with Gasteiger partial charge in [0.25, 0.3) is 0 Å². The highest BCUT2D eigenvalue weighted by atomic mass is 16.5. The maximum Gasteiger partial charge on any atom is 0.414 e. The van der Waals surface area contributed by atoms with Crippen LogP contribution in [0.5, 0.6) is 11.5 Å². The summed E-state index contributed by atoms with van der Waals surface area (Å²) < 4.78 is 10.9. The standard InChI is InChI=1S/C19H27NO2.C2H2O4/c1-21-17-3-4-18(22-2)16(8-17)12-20-19-9-13-5-14(10-19)7-15(6-13)11-19;3-1(4)2(5)6/h3-4,8,13-15,20H,5-7,9-12H2,1-2H3;(H,3,4)(H,5,6). The summed E-state index contributed by atoms with van der Waals surface area (Å²) in [5.41, 5.74) is 1.60. The molecule has 4 aliphatic rings. The molecule has 0 spiro atoms. The Morgan fingerprint density at radius 1 is 1.00 bits per heavy atom. The van der Waals surface area contributed by atoms with Crippen molar-refractivity contribution in [3.05, 3.63) is 23.8 Å². The van der Waals surface area contributed by atoms with Gasteiger partial charge in [0.1, 0.15) is 11.5 Å². The lowest BCUT2D eigenvalue weighted by molar-refractivity contribution is -0.159. The molecule has 0 atom stereocenters. The van der Waals surface area contributed by atoms with Crippen LogP contribution in [0.25, 0.3) is 0 Å². The van der Waals surface area contributed by atoms with Gasteiger partial charge >= 0.3 is 11.9 Å². The van der Waals surface area contributed by atoms with Gasteiger partial charge in [0, 0.05) is 17.6 Å². The SMILES string of the molecule is COc1ccc(OC)c(CNC23CC4CC(CC(C4)C2)C3)c1.O=C(O)C(=O)O. The molecule has 1 aromatic carbocycles. The van der Waals surface area contributed by atoms with Gasteiger partial charge in [-0.3, -0.25) is 0 Å². The molecule has 0 saturated heterocycles. The van der Waals surface area contributed by atoms with Gasteiger partial charge in [-0.05, 0) is 74.5 Å². The predicted octanol–water partition coefficient (Wildman–Crippen LogP) is 2.92. The first kappa shape index (κ1) is 20.5. The first-order valence-electron chi connectivity index (χ1n) is 9.76. The number of rotatable bonds is 5. The van der Waals surface area contributed by atoms with E-state index in [1.54, 1.807) is 14.2 Å². The largest absolute Gasteiger partial charge is 0.497 e. The van der Waals surface area contributed by atoms with Crippen molar-refractivity contribution in [2.24, 2.45) is 17.8 Å². The molecule has 0 heterocycles. The third kappa shape index (κ3) is 4.58. The average molecular weight is 391 g/mol. The number of carbonyl (C=O) groups is 2. The zero-order valence-electron chi connectivity index (χ0n) is 16.4. The molecule has 5 rings (SSSR count). The Hall–Kier alpha value is -2.28. The number of methoxy groups -OCH3 is 2.